The van der Waals surface area contributed by atoms with Gasteiger partial charge in [-0.3, -0.25) is 14.5 Å². The van der Waals surface area contributed by atoms with Gasteiger partial charge in [0.05, 0.1) is 23.3 Å². The molecule has 5 nitrogen and oxygen atoms in total. The van der Waals surface area contributed by atoms with Crippen LogP contribution in [0.2, 0.25) is 0 Å². The molecule has 2 atom stereocenters. The van der Waals surface area contributed by atoms with Crippen LogP contribution in [0.3, 0.4) is 0 Å². The molecule has 2 amide bonds. The summed E-state index contributed by atoms with van der Waals surface area (Å²) >= 11 is 0. The van der Waals surface area contributed by atoms with Crippen molar-refractivity contribution in [1.82, 2.24) is 4.90 Å². The molecule has 1 fully saturated rings. The van der Waals surface area contributed by atoms with Crippen molar-refractivity contribution >= 4 is 17.5 Å². The first-order chi connectivity index (χ1) is 9.11. The van der Waals surface area contributed by atoms with Gasteiger partial charge < -0.3 is 10.8 Å². The predicted molar refractivity (Wildman–Crippen MR) is 69.6 cm³/mol. The highest BCUT2D eigenvalue weighted by atomic mass is 16.3. The lowest BCUT2D eigenvalue weighted by Crippen LogP contribution is -2.48. The Morgan fingerprint density at radius 3 is 2.58 bits per heavy atom. The quantitative estimate of drug-likeness (QED) is 0.586. The van der Waals surface area contributed by atoms with E-state index in [0.717, 1.165) is 12.8 Å². The lowest BCUT2D eigenvalue weighted by molar-refractivity contribution is 0.0204. The zero-order valence-electron chi connectivity index (χ0n) is 10.5. The molecule has 0 aromatic heterocycles. The number of anilines is 1. The molecule has 2 aliphatic rings. The van der Waals surface area contributed by atoms with Crippen LogP contribution in [0, 0.1) is 0 Å². The SMILES string of the molecule is Nc1cccc2c1C(=O)N(C1CCCCC1O)C2=O. The Morgan fingerprint density at radius 2 is 1.89 bits per heavy atom. The maximum absolute atomic E-state index is 12.4. The van der Waals surface area contributed by atoms with E-state index >= 15 is 0 Å². The maximum Gasteiger partial charge on any atom is 0.263 e. The van der Waals surface area contributed by atoms with Gasteiger partial charge in [-0.15, -0.1) is 0 Å². The van der Waals surface area contributed by atoms with Crippen molar-refractivity contribution in [2.24, 2.45) is 0 Å². The van der Waals surface area contributed by atoms with Gasteiger partial charge in [0.2, 0.25) is 0 Å². The Labute approximate surface area is 111 Å². The summed E-state index contributed by atoms with van der Waals surface area (Å²) in [4.78, 5) is 25.9. The molecule has 5 heteroatoms. The first-order valence-corrected chi connectivity index (χ1v) is 6.55. The van der Waals surface area contributed by atoms with Gasteiger partial charge in [-0.1, -0.05) is 18.9 Å². The van der Waals surface area contributed by atoms with Crippen LogP contribution in [-0.4, -0.2) is 34.0 Å². The lowest BCUT2D eigenvalue weighted by atomic mass is 9.91. The third kappa shape index (κ3) is 1.73. The Kier molecular flexibility index (Phi) is 2.78. The fourth-order valence-corrected chi connectivity index (χ4v) is 3.02. The summed E-state index contributed by atoms with van der Waals surface area (Å²) in [5.74, 6) is -0.706. The minimum atomic E-state index is -0.628. The summed E-state index contributed by atoms with van der Waals surface area (Å²) in [5.41, 5.74) is 6.74. The van der Waals surface area contributed by atoms with Crippen LogP contribution in [-0.2, 0) is 0 Å². The minimum Gasteiger partial charge on any atom is -0.398 e. The highest BCUT2D eigenvalue weighted by Gasteiger charge is 2.43. The Balaban J connectivity index is 2.00. The summed E-state index contributed by atoms with van der Waals surface area (Å²) in [5, 5.41) is 10.0. The van der Waals surface area contributed by atoms with Crippen LogP contribution in [0.1, 0.15) is 46.4 Å². The molecule has 0 radical (unpaired) electrons. The van der Waals surface area contributed by atoms with Crippen LogP contribution in [0.5, 0.6) is 0 Å². The van der Waals surface area contributed by atoms with Crippen molar-refractivity contribution in [3.8, 4) is 0 Å². The van der Waals surface area contributed by atoms with Crippen LogP contribution in [0.4, 0.5) is 5.69 Å². The summed E-state index contributed by atoms with van der Waals surface area (Å²) in [7, 11) is 0. The van der Waals surface area contributed by atoms with Crippen molar-refractivity contribution in [2.75, 3.05) is 5.73 Å². The number of rotatable bonds is 1. The number of benzene rings is 1. The van der Waals surface area contributed by atoms with Gasteiger partial charge in [-0.2, -0.15) is 0 Å². The predicted octanol–water partition coefficient (Wildman–Crippen LogP) is 1.17. The van der Waals surface area contributed by atoms with Gasteiger partial charge in [0.15, 0.2) is 0 Å². The molecule has 1 saturated carbocycles. The molecule has 0 spiro atoms. The topological polar surface area (TPSA) is 83.6 Å². The van der Waals surface area contributed by atoms with Gasteiger partial charge in [0, 0.05) is 5.69 Å². The molecule has 100 valence electrons. The molecule has 0 bridgehead atoms. The Bertz CT molecular complexity index is 556. The van der Waals surface area contributed by atoms with Crippen molar-refractivity contribution in [3.05, 3.63) is 29.3 Å². The fourth-order valence-electron chi connectivity index (χ4n) is 3.02. The molecule has 1 aliphatic heterocycles. The number of nitrogens with zero attached hydrogens (tertiary/aromatic N) is 1. The second-order valence-corrected chi connectivity index (χ2v) is 5.17. The van der Waals surface area contributed by atoms with Gasteiger partial charge >= 0.3 is 0 Å². The van der Waals surface area contributed by atoms with E-state index in [2.05, 4.69) is 0 Å². The van der Waals surface area contributed by atoms with Crippen LogP contribution >= 0.6 is 0 Å². The normalized spacial score (nSPS) is 26.7. The van der Waals surface area contributed by atoms with Crippen molar-refractivity contribution < 1.29 is 14.7 Å². The second-order valence-electron chi connectivity index (χ2n) is 5.17. The Morgan fingerprint density at radius 1 is 1.16 bits per heavy atom. The van der Waals surface area contributed by atoms with Crippen LogP contribution < -0.4 is 5.73 Å². The average molecular weight is 260 g/mol. The lowest BCUT2D eigenvalue weighted by Gasteiger charge is -2.33. The molecule has 1 heterocycles. The number of aliphatic hydroxyl groups is 1. The molecule has 1 aliphatic carbocycles. The fraction of sp³-hybridized carbons (Fsp3) is 0.429. The van der Waals surface area contributed by atoms with E-state index in [1.54, 1.807) is 18.2 Å². The molecule has 1 aromatic rings. The van der Waals surface area contributed by atoms with Gasteiger partial charge in [0.25, 0.3) is 11.8 Å². The van der Waals surface area contributed by atoms with E-state index in [1.807, 2.05) is 0 Å². The number of nitrogens with two attached hydrogens (primary N) is 1. The highest BCUT2D eigenvalue weighted by molar-refractivity contribution is 6.23. The number of carbonyl (C=O) groups excluding carboxylic acids is 2. The maximum atomic E-state index is 12.4. The standard InChI is InChI=1S/C14H16N2O3/c15-9-5-3-4-8-12(9)14(19)16(13(8)18)10-6-1-2-7-11(10)17/h3-5,10-11,17H,1-2,6-7,15H2. The minimum absolute atomic E-state index is 0.283. The molecule has 19 heavy (non-hydrogen) atoms. The van der Waals surface area contributed by atoms with Crippen LogP contribution in [0.25, 0.3) is 0 Å². The van der Waals surface area contributed by atoms with E-state index in [4.69, 9.17) is 5.73 Å². The zero-order chi connectivity index (χ0) is 13.6. The summed E-state index contributed by atoms with van der Waals surface area (Å²) in [6, 6.07) is 4.48. The summed E-state index contributed by atoms with van der Waals surface area (Å²) < 4.78 is 0. The zero-order valence-corrected chi connectivity index (χ0v) is 10.5. The van der Waals surface area contributed by atoms with E-state index < -0.39 is 12.1 Å². The first kappa shape index (κ1) is 12.2. The molecule has 0 saturated heterocycles. The number of hydrogen-bond acceptors (Lipinski definition) is 4. The van der Waals surface area contributed by atoms with Crippen molar-refractivity contribution in [3.63, 3.8) is 0 Å². The van der Waals surface area contributed by atoms with E-state index in [-0.39, 0.29) is 17.4 Å². The van der Waals surface area contributed by atoms with E-state index in [9.17, 15) is 14.7 Å². The second kappa shape index (κ2) is 4.35. The molecule has 1 aromatic carbocycles. The summed E-state index contributed by atoms with van der Waals surface area (Å²) in [6.07, 6.45) is 2.52. The van der Waals surface area contributed by atoms with Gasteiger partial charge in [0.1, 0.15) is 0 Å². The van der Waals surface area contributed by atoms with Gasteiger partial charge in [-0.25, -0.2) is 0 Å². The molecule has 2 unspecified atom stereocenters. The van der Waals surface area contributed by atoms with E-state index in [1.165, 1.54) is 4.90 Å². The van der Waals surface area contributed by atoms with E-state index in [0.29, 0.717) is 24.1 Å². The molecular weight excluding hydrogens is 244 g/mol. The highest BCUT2D eigenvalue weighted by Crippen LogP contribution is 2.33. The smallest absolute Gasteiger partial charge is 0.263 e. The number of carbonyl (C=O) groups is 2. The first-order valence-electron chi connectivity index (χ1n) is 6.55. The van der Waals surface area contributed by atoms with Gasteiger partial charge in [-0.05, 0) is 25.0 Å². The number of hydrogen-bond donors (Lipinski definition) is 2. The Hall–Kier alpha value is -1.88. The molecule has 3 rings (SSSR count). The number of amides is 2. The van der Waals surface area contributed by atoms with Crippen molar-refractivity contribution in [1.29, 1.82) is 0 Å². The van der Waals surface area contributed by atoms with Crippen LogP contribution in [0.15, 0.2) is 18.2 Å². The number of nitrogen functional groups attached to an aromatic ring is 1. The monoisotopic (exact) mass is 260 g/mol. The number of imide groups is 1. The largest absolute Gasteiger partial charge is 0.398 e. The number of fused-ring (bicyclic) bond motifs is 1. The molecule has 3 N–H and O–H groups in total. The average Bonchev–Trinajstić information content (AvgIpc) is 2.64. The third-order valence-electron chi connectivity index (χ3n) is 4.00. The molecular formula is C14H16N2O3. The van der Waals surface area contributed by atoms with Crippen molar-refractivity contribution in [2.45, 2.75) is 37.8 Å². The number of aliphatic hydroxyl groups excluding tert-OH is 1. The third-order valence-corrected chi connectivity index (χ3v) is 4.00. The summed E-state index contributed by atoms with van der Waals surface area (Å²) in [6.45, 7) is 0.